The summed E-state index contributed by atoms with van der Waals surface area (Å²) >= 11 is 0. The number of nitrogens with zero attached hydrogens (tertiary/aromatic N) is 1. The van der Waals surface area contributed by atoms with Gasteiger partial charge in [0.05, 0.1) is 24.8 Å². The van der Waals surface area contributed by atoms with Crippen LogP contribution in [0, 0.1) is 18.6 Å². The van der Waals surface area contributed by atoms with Crippen molar-refractivity contribution in [3.8, 4) is 16.9 Å². The Morgan fingerprint density at radius 2 is 1.66 bits per heavy atom. The van der Waals surface area contributed by atoms with Gasteiger partial charge < -0.3 is 4.74 Å². The number of methoxy groups -OCH3 is 1. The number of aromatic nitrogens is 2. The quantitative estimate of drug-likeness (QED) is 0.569. The summed E-state index contributed by atoms with van der Waals surface area (Å²) in [5.74, 6) is -2.23. The standard InChI is InChI=1S/C20H15F5N2O3.C2H6/c1-10-16(11-5-3-8-15(30-2)17(11)22)18(28)26-19(29)27(10)9-12-13(20(23,24)25)6-4-7-14(12)21;1-2/h3-8H,9H2,1-2H3,(H,26,28,29);1-2H3. The first-order valence-electron chi connectivity index (χ1n) is 9.57. The number of H-pyrrole nitrogens is 1. The number of nitrogens with one attached hydrogen (secondary N) is 1. The summed E-state index contributed by atoms with van der Waals surface area (Å²) in [4.78, 5) is 26.6. The minimum absolute atomic E-state index is 0.132. The molecule has 5 nitrogen and oxygen atoms in total. The number of aromatic amines is 1. The molecule has 0 saturated heterocycles. The van der Waals surface area contributed by atoms with E-state index in [4.69, 9.17) is 4.74 Å². The van der Waals surface area contributed by atoms with Crippen molar-refractivity contribution >= 4 is 0 Å². The van der Waals surface area contributed by atoms with Crippen LogP contribution in [0.4, 0.5) is 22.0 Å². The van der Waals surface area contributed by atoms with Crippen LogP contribution in [0.25, 0.3) is 11.1 Å². The largest absolute Gasteiger partial charge is 0.494 e. The van der Waals surface area contributed by atoms with Crippen molar-refractivity contribution in [2.45, 2.75) is 33.5 Å². The Balaban J connectivity index is 0.00000176. The first-order valence-corrected chi connectivity index (χ1v) is 9.57. The summed E-state index contributed by atoms with van der Waals surface area (Å²) < 4.78 is 74.5. The van der Waals surface area contributed by atoms with Crippen LogP contribution in [0.2, 0.25) is 0 Å². The van der Waals surface area contributed by atoms with E-state index in [0.717, 1.165) is 16.7 Å². The van der Waals surface area contributed by atoms with Crippen LogP contribution in [-0.4, -0.2) is 16.7 Å². The van der Waals surface area contributed by atoms with E-state index in [1.165, 1.54) is 32.2 Å². The number of ether oxygens (including phenoxy) is 1. The maximum absolute atomic E-state index is 14.7. The van der Waals surface area contributed by atoms with Gasteiger partial charge in [-0.3, -0.25) is 14.3 Å². The van der Waals surface area contributed by atoms with Crippen LogP contribution < -0.4 is 16.0 Å². The highest BCUT2D eigenvalue weighted by molar-refractivity contribution is 5.67. The zero-order valence-electron chi connectivity index (χ0n) is 17.7. The van der Waals surface area contributed by atoms with Crippen LogP contribution in [0.15, 0.2) is 46.0 Å². The van der Waals surface area contributed by atoms with Crippen LogP contribution >= 0.6 is 0 Å². The second-order valence-electron chi connectivity index (χ2n) is 6.39. The summed E-state index contributed by atoms with van der Waals surface area (Å²) in [5, 5.41) is 0. The second kappa shape index (κ2) is 9.80. The number of rotatable bonds is 4. The molecule has 0 spiro atoms. The van der Waals surface area contributed by atoms with Crippen molar-refractivity contribution in [1.29, 1.82) is 0 Å². The number of hydrogen-bond acceptors (Lipinski definition) is 3. The van der Waals surface area contributed by atoms with E-state index in [0.29, 0.717) is 6.07 Å². The van der Waals surface area contributed by atoms with Crippen molar-refractivity contribution in [1.82, 2.24) is 9.55 Å². The molecule has 0 aliphatic carbocycles. The zero-order chi connectivity index (χ0) is 24.2. The topological polar surface area (TPSA) is 64.1 Å². The van der Waals surface area contributed by atoms with Crippen molar-refractivity contribution < 1.29 is 26.7 Å². The number of halogens is 5. The van der Waals surface area contributed by atoms with Crippen LogP contribution in [0.5, 0.6) is 5.75 Å². The lowest BCUT2D eigenvalue weighted by atomic mass is 10.0. The van der Waals surface area contributed by atoms with Gasteiger partial charge >= 0.3 is 11.9 Å². The molecule has 1 heterocycles. The van der Waals surface area contributed by atoms with Gasteiger partial charge in [-0.1, -0.05) is 32.0 Å². The molecule has 32 heavy (non-hydrogen) atoms. The lowest BCUT2D eigenvalue weighted by Crippen LogP contribution is -2.34. The Labute approximate surface area is 180 Å². The highest BCUT2D eigenvalue weighted by Gasteiger charge is 2.34. The zero-order valence-corrected chi connectivity index (χ0v) is 17.7. The van der Waals surface area contributed by atoms with E-state index < -0.39 is 46.7 Å². The predicted molar refractivity (Wildman–Crippen MR) is 110 cm³/mol. The smallest absolute Gasteiger partial charge is 0.416 e. The molecule has 10 heteroatoms. The summed E-state index contributed by atoms with van der Waals surface area (Å²) in [7, 11) is 1.22. The van der Waals surface area contributed by atoms with Crippen LogP contribution in [0.3, 0.4) is 0 Å². The van der Waals surface area contributed by atoms with E-state index in [2.05, 4.69) is 0 Å². The van der Waals surface area contributed by atoms with Crippen molar-refractivity contribution in [2.75, 3.05) is 7.11 Å². The molecule has 0 atom stereocenters. The highest BCUT2D eigenvalue weighted by atomic mass is 19.4. The molecule has 0 fully saturated rings. The van der Waals surface area contributed by atoms with Gasteiger partial charge in [-0.25, -0.2) is 13.6 Å². The molecule has 1 N–H and O–H groups in total. The number of hydrogen-bond donors (Lipinski definition) is 1. The molecular weight excluding hydrogens is 435 g/mol. The maximum atomic E-state index is 14.7. The van der Waals surface area contributed by atoms with Gasteiger partial charge in [-0.15, -0.1) is 0 Å². The van der Waals surface area contributed by atoms with Crippen molar-refractivity contribution in [3.05, 3.63) is 85.7 Å². The van der Waals surface area contributed by atoms with Crippen LogP contribution in [-0.2, 0) is 12.7 Å². The SMILES string of the molecule is CC.COc1cccc(-c2c(C)n(Cc3c(F)cccc3C(F)(F)F)c(=O)[nH]c2=O)c1F. The Morgan fingerprint density at radius 3 is 2.25 bits per heavy atom. The van der Waals surface area contributed by atoms with Gasteiger partial charge in [0.15, 0.2) is 11.6 Å². The van der Waals surface area contributed by atoms with Gasteiger partial charge in [0.2, 0.25) is 0 Å². The molecule has 0 saturated carbocycles. The molecule has 172 valence electrons. The summed E-state index contributed by atoms with van der Waals surface area (Å²) in [6.07, 6.45) is -4.86. The Hall–Kier alpha value is -3.43. The average molecular weight is 456 g/mol. The lowest BCUT2D eigenvalue weighted by Gasteiger charge is -2.18. The molecule has 1 aromatic heterocycles. The predicted octanol–water partition coefficient (Wildman–Crippen LogP) is 4.89. The van der Waals surface area contributed by atoms with Crippen LogP contribution in [0.1, 0.15) is 30.7 Å². The van der Waals surface area contributed by atoms with Gasteiger partial charge in [-0.2, -0.15) is 13.2 Å². The Bertz CT molecular complexity index is 1230. The Morgan fingerprint density at radius 1 is 1.03 bits per heavy atom. The van der Waals surface area contributed by atoms with Crippen molar-refractivity contribution in [3.63, 3.8) is 0 Å². The third-order valence-corrected chi connectivity index (χ3v) is 4.65. The fourth-order valence-corrected chi connectivity index (χ4v) is 3.19. The fourth-order valence-electron chi connectivity index (χ4n) is 3.19. The molecule has 0 bridgehead atoms. The molecule has 0 unspecified atom stereocenters. The highest BCUT2D eigenvalue weighted by Crippen LogP contribution is 2.34. The molecule has 0 radical (unpaired) electrons. The average Bonchev–Trinajstić information content (AvgIpc) is 2.73. The molecule has 3 rings (SSSR count). The summed E-state index contributed by atoms with van der Waals surface area (Å²) in [6, 6.07) is 6.40. The van der Waals surface area contributed by atoms with E-state index in [9.17, 15) is 31.5 Å². The molecular formula is C22H21F5N2O3. The van der Waals surface area contributed by atoms with Gasteiger partial charge in [0, 0.05) is 16.8 Å². The first-order chi connectivity index (χ1) is 15.1. The summed E-state index contributed by atoms with van der Waals surface area (Å²) in [6.45, 7) is 4.44. The van der Waals surface area contributed by atoms with E-state index in [-0.39, 0.29) is 22.6 Å². The molecule has 0 aliphatic rings. The third-order valence-electron chi connectivity index (χ3n) is 4.65. The van der Waals surface area contributed by atoms with Crippen molar-refractivity contribution in [2.24, 2.45) is 0 Å². The molecule has 3 aromatic rings. The van der Waals surface area contributed by atoms with Gasteiger partial charge in [0.25, 0.3) is 5.56 Å². The first kappa shape index (κ1) is 24.8. The Kier molecular flexibility index (Phi) is 7.60. The fraction of sp³-hybridized carbons (Fsp3) is 0.273. The molecule has 0 aliphatic heterocycles. The molecule has 0 amide bonds. The van der Waals surface area contributed by atoms with Gasteiger partial charge in [0.1, 0.15) is 5.82 Å². The third kappa shape index (κ3) is 4.74. The van der Waals surface area contributed by atoms with E-state index in [1.807, 2.05) is 18.8 Å². The minimum Gasteiger partial charge on any atom is -0.494 e. The maximum Gasteiger partial charge on any atom is 0.416 e. The summed E-state index contributed by atoms with van der Waals surface area (Å²) in [5.41, 5.74) is -4.66. The van der Waals surface area contributed by atoms with Gasteiger partial charge in [-0.05, 0) is 25.1 Å². The second-order valence-corrected chi connectivity index (χ2v) is 6.39. The normalized spacial score (nSPS) is 11.0. The number of alkyl halides is 3. The lowest BCUT2D eigenvalue weighted by molar-refractivity contribution is -0.138. The monoisotopic (exact) mass is 456 g/mol. The minimum atomic E-state index is -4.86. The van der Waals surface area contributed by atoms with E-state index >= 15 is 0 Å². The number of benzene rings is 2. The molecule has 2 aromatic carbocycles. The van der Waals surface area contributed by atoms with E-state index in [1.54, 1.807) is 0 Å².